The van der Waals surface area contributed by atoms with Crippen LogP contribution in [0.4, 0.5) is 13.2 Å². The molecule has 0 spiro atoms. The van der Waals surface area contributed by atoms with Gasteiger partial charge < -0.3 is 9.53 Å². The van der Waals surface area contributed by atoms with Crippen LogP contribution >= 0.6 is 0 Å². The van der Waals surface area contributed by atoms with Crippen LogP contribution in [0.2, 0.25) is 18.6 Å². The molecule has 0 rings (SSSR count). The Bertz CT molecular complexity index is 463. The highest BCUT2D eigenvalue weighted by atomic mass is 32.2. The van der Waals surface area contributed by atoms with Gasteiger partial charge in [-0.1, -0.05) is 19.8 Å². The molecule has 21 heavy (non-hydrogen) atoms. The molecule has 5 nitrogen and oxygen atoms in total. The maximum atomic E-state index is 12.1. The molecule has 0 amide bonds. The van der Waals surface area contributed by atoms with Crippen molar-refractivity contribution in [2.45, 2.75) is 56.8 Å². The predicted molar refractivity (Wildman–Crippen MR) is 74.8 cm³/mol. The van der Waals surface area contributed by atoms with Crippen molar-refractivity contribution in [2.75, 3.05) is 7.11 Å². The molecule has 126 valence electrons. The van der Waals surface area contributed by atoms with Crippen LogP contribution in [0.5, 0.6) is 0 Å². The third-order valence-corrected chi connectivity index (χ3v) is 8.20. The number of alkyl halides is 3. The first-order valence-corrected chi connectivity index (χ1v) is 10.9. The number of hydrogen-bond acceptors (Lipinski definition) is 4. The molecule has 0 aliphatic carbocycles. The van der Waals surface area contributed by atoms with E-state index in [4.69, 9.17) is 4.43 Å². The average molecular weight is 348 g/mol. The molecule has 0 radical (unpaired) electrons. The molecule has 0 saturated heterocycles. The summed E-state index contributed by atoms with van der Waals surface area (Å²) in [5.41, 5.74) is -5.28. The highest BCUT2D eigenvalue weighted by Crippen LogP contribution is 2.31. The SMILES string of the molecule is CCC(CCC/C([O-])=N/S(=O)(=O)C(F)(F)F)[Si](C)(C)OC. The largest absolute Gasteiger partial charge is 0.861 e. The number of sulfonamides is 1. The maximum Gasteiger partial charge on any atom is 0.518 e. The molecule has 0 N–H and O–H groups in total. The molecule has 0 aliphatic rings. The summed E-state index contributed by atoms with van der Waals surface area (Å²) >= 11 is 0. The smallest absolute Gasteiger partial charge is 0.518 e. The van der Waals surface area contributed by atoms with Gasteiger partial charge in [-0.05, 0) is 37.4 Å². The highest BCUT2D eigenvalue weighted by Gasteiger charge is 2.45. The second-order valence-electron chi connectivity index (χ2n) is 5.21. The number of hydrogen-bond donors (Lipinski definition) is 0. The lowest BCUT2D eigenvalue weighted by Gasteiger charge is -2.30. The topological polar surface area (TPSA) is 78.8 Å². The van der Waals surface area contributed by atoms with Crippen molar-refractivity contribution in [2.24, 2.45) is 4.40 Å². The molecular formula is C11H21F3NO4SSi-. The quantitative estimate of drug-likeness (QED) is 0.383. The molecule has 10 heteroatoms. The summed E-state index contributed by atoms with van der Waals surface area (Å²) in [6.45, 7) is 6.00. The van der Waals surface area contributed by atoms with E-state index in [1.807, 2.05) is 20.0 Å². The Morgan fingerprint density at radius 2 is 1.90 bits per heavy atom. The first-order valence-electron chi connectivity index (χ1n) is 6.49. The van der Waals surface area contributed by atoms with Crippen molar-refractivity contribution in [3.8, 4) is 0 Å². The van der Waals surface area contributed by atoms with Gasteiger partial charge in [0.25, 0.3) is 0 Å². The van der Waals surface area contributed by atoms with Gasteiger partial charge >= 0.3 is 15.5 Å². The minimum Gasteiger partial charge on any atom is -0.861 e. The second-order valence-corrected chi connectivity index (χ2v) is 11.2. The highest BCUT2D eigenvalue weighted by molar-refractivity contribution is 7.91. The molecule has 0 bridgehead atoms. The zero-order chi connectivity index (χ0) is 16.9. The van der Waals surface area contributed by atoms with Crippen LogP contribution in [0.25, 0.3) is 0 Å². The fourth-order valence-corrected chi connectivity index (χ4v) is 4.62. The van der Waals surface area contributed by atoms with E-state index < -0.39 is 29.7 Å². The van der Waals surface area contributed by atoms with Crippen LogP contribution < -0.4 is 5.11 Å². The first-order chi connectivity index (χ1) is 9.37. The minimum atomic E-state index is -5.73. The van der Waals surface area contributed by atoms with Crippen LogP contribution in [0.15, 0.2) is 4.40 Å². The van der Waals surface area contributed by atoms with E-state index in [1.165, 1.54) is 0 Å². The van der Waals surface area contributed by atoms with Gasteiger partial charge in [-0.3, -0.25) is 0 Å². The Kier molecular flexibility index (Phi) is 7.37. The Labute approximate surface area is 124 Å². The van der Waals surface area contributed by atoms with Gasteiger partial charge in [0.15, 0.2) is 8.32 Å². The molecule has 0 aliphatic heterocycles. The van der Waals surface area contributed by atoms with Crippen LogP contribution in [0.1, 0.15) is 32.6 Å². The molecule has 1 atom stereocenters. The van der Waals surface area contributed by atoms with Crippen LogP contribution in [-0.2, 0) is 14.4 Å². The Hall–Kier alpha value is -0.613. The van der Waals surface area contributed by atoms with Crippen molar-refractivity contribution >= 4 is 24.2 Å². The fraction of sp³-hybridized carbons (Fsp3) is 0.909. The van der Waals surface area contributed by atoms with E-state index in [1.54, 1.807) is 7.11 Å². The normalized spacial score (nSPS) is 16.0. The lowest BCUT2D eigenvalue weighted by atomic mass is 10.1. The van der Waals surface area contributed by atoms with Gasteiger partial charge in [-0.15, -0.1) is 0 Å². The summed E-state index contributed by atoms with van der Waals surface area (Å²) < 4.78 is 65.3. The first kappa shape index (κ1) is 20.4. The molecule has 0 aromatic carbocycles. The molecule has 0 aromatic rings. The summed E-state index contributed by atoms with van der Waals surface area (Å²) in [4.78, 5) is 0. The average Bonchev–Trinajstić information content (AvgIpc) is 2.32. The molecule has 0 fully saturated rings. The number of nitrogens with zero attached hydrogens (tertiary/aromatic N) is 1. The third-order valence-electron chi connectivity index (χ3n) is 3.46. The van der Waals surface area contributed by atoms with E-state index in [0.717, 1.165) is 6.42 Å². The lowest BCUT2D eigenvalue weighted by Crippen LogP contribution is -2.35. The van der Waals surface area contributed by atoms with Crippen molar-refractivity contribution in [1.82, 2.24) is 0 Å². The van der Waals surface area contributed by atoms with E-state index in [2.05, 4.69) is 4.40 Å². The summed E-state index contributed by atoms with van der Waals surface area (Å²) in [5.74, 6) is -1.26. The van der Waals surface area contributed by atoms with Crippen molar-refractivity contribution in [3.05, 3.63) is 0 Å². The van der Waals surface area contributed by atoms with Gasteiger partial charge in [0, 0.05) is 7.11 Å². The van der Waals surface area contributed by atoms with Gasteiger partial charge in [-0.25, -0.2) is 0 Å². The maximum absolute atomic E-state index is 12.1. The zero-order valence-corrected chi connectivity index (χ0v) is 14.3. The van der Waals surface area contributed by atoms with Crippen molar-refractivity contribution in [3.63, 3.8) is 0 Å². The fourth-order valence-electron chi connectivity index (χ4n) is 1.94. The van der Waals surface area contributed by atoms with Crippen molar-refractivity contribution < 1.29 is 31.1 Å². The zero-order valence-electron chi connectivity index (χ0n) is 12.5. The lowest BCUT2D eigenvalue weighted by molar-refractivity contribution is -0.218. The third kappa shape index (κ3) is 6.35. The molecule has 1 unspecified atom stereocenters. The molecule has 0 aromatic heterocycles. The van der Waals surface area contributed by atoms with E-state index in [-0.39, 0.29) is 18.4 Å². The van der Waals surface area contributed by atoms with Gasteiger partial charge in [-0.2, -0.15) is 26.0 Å². The van der Waals surface area contributed by atoms with E-state index in [0.29, 0.717) is 6.42 Å². The van der Waals surface area contributed by atoms with Gasteiger partial charge in [0.1, 0.15) is 0 Å². The minimum absolute atomic E-state index is 0.245. The van der Waals surface area contributed by atoms with Crippen LogP contribution in [0.3, 0.4) is 0 Å². The van der Waals surface area contributed by atoms with Crippen molar-refractivity contribution in [1.29, 1.82) is 0 Å². The van der Waals surface area contributed by atoms with Gasteiger partial charge in [0.2, 0.25) is 0 Å². The van der Waals surface area contributed by atoms with E-state index >= 15 is 0 Å². The molecular weight excluding hydrogens is 327 g/mol. The molecule has 0 saturated carbocycles. The summed E-state index contributed by atoms with van der Waals surface area (Å²) in [7, 11) is -6.01. The summed E-state index contributed by atoms with van der Waals surface area (Å²) in [6.07, 6.45) is 1.39. The summed E-state index contributed by atoms with van der Waals surface area (Å²) in [5, 5.41) is 11.2. The number of halogens is 3. The summed E-state index contributed by atoms with van der Waals surface area (Å²) in [6, 6.07) is 0. The van der Waals surface area contributed by atoms with Crippen LogP contribution in [-0.4, -0.2) is 35.3 Å². The monoisotopic (exact) mass is 348 g/mol. The van der Waals surface area contributed by atoms with Gasteiger partial charge in [0.05, 0.1) is 0 Å². The Balaban J connectivity index is 4.61. The predicted octanol–water partition coefficient (Wildman–Crippen LogP) is 2.40. The second kappa shape index (κ2) is 7.59. The van der Waals surface area contributed by atoms with Crippen LogP contribution in [0, 0.1) is 0 Å². The van der Waals surface area contributed by atoms with E-state index in [9.17, 15) is 26.7 Å². The number of rotatable bonds is 8. The standard InChI is InChI=1S/C11H22F3NO4SSi/c1-5-9(21(3,4)19-2)7-6-8-10(16)15-20(17,18)11(12,13)14/h9H,5-8H2,1-4H3,(H,15,16)/p-1. The Morgan fingerprint density at radius 3 is 2.29 bits per heavy atom. The Morgan fingerprint density at radius 1 is 1.38 bits per heavy atom. The molecule has 0 heterocycles.